The van der Waals surface area contributed by atoms with E-state index in [-0.39, 0.29) is 12.6 Å². The average molecular weight is 299 g/mol. The molecule has 3 amide bonds. The predicted molar refractivity (Wildman–Crippen MR) is 77.5 cm³/mol. The maximum atomic E-state index is 12.3. The number of carbonyl (C=O) groups excluding carboxylic acids is 2. The van der Waals surface area contributed by atoms with E-state index in [9.17, 15) is 19.5 Å². The number of nitrogens with one attached hydrogen (secondary N) is 1. The first-order chi connectivity index (χ1) is 9.33. The van der Waals surface area contributed by atoms with E-state index in [1.165, 1.54) is 4.90 Å². The van der Waals surface area contributed by atoms with Crippen LogP contribution >= 0.6 is 0 Å². The molecule has 1 aliphatic heterocycles. The minimum absolute atomic E-state index is 0.248. The van der Waals surface area contributed by atoms with Crippen molar-refractivity contribution in [3.05, 3.63) is 0 Å². The smallest absolute Gasteiger partial charge is 0.317 e. The van der Waals surface area contributed by atoms with Crippen LogP contribution in [0, 0.1) is 10.8 Å². The third-order valence-electron chi connectivity index (χ3n) is 4.87. The lowest BCUT2D eigenvalue weighted by Crippen LogP contribution is -2.59. The van der Waals surface area contributed by atoms with Gasteiger partial charge in [-0.2, -0.15) is 0 Å². The van der Waals surface area contributed by atoms with Crippen molar-refractivity contribution in [2.45, 2.75) is 46.6 Å². The Morgan fingerprint density at radius 1 is 1.24 bits per heavy atom. The summed E-state index contributed by atoms with van der Waals surface area (Å²) in [5.41, 5.74) is 2.56. The van der Waals surface area contributed by atoms with Gasteiger partial charge in [0.25, 0.3) is 0 Å². The molecule has 1 heterocycles. The van der Waals surface area contributed by atoms with Gasteiger partial charge in [0.1, 0.15) is 0 Å². The molecule has 1 rings (SSSR count). The van der Waals surface area contributed by atoms with Gasteiger partial charge in [-0.1, -0.05) is 0 Å². The lowest BCUT2D eigenvalue weighted by atomic mass is 9.74. The van der Waals surface area contributed by atoms with E-state index in [4.69, 9.17) is 5.73 Å². The number of nitrogens with zero attached hydrogens (tertiary/aromatic N) is 1. The highest BCUT2D eigenvalue weighted by Crippen LogP contribution is 2.33. The van der Waals surface area contributed by atoms with Crippen LogP contribution in [-0.2, 0) is 9.59 Å². The molecule has 0 aromatic carbocycles. The van der Waals surface area contributed by atoms with Gasteiger partial charge in [0.05, 0.1) is 16.4 Å². The number of aliphatic carboxylic acids is 1. The molecule has 0 aromatic heterocycles. The van der Waals surface area contributed by atoms with Gasteiger partial charge >= 0.3 is 12.0 Å². The summed E-state index contributed by atoms with van der Waals surface area (Å²) in [7, 11) is 0. The zero-order valence-corrected chi connectivity index (χ0v) is 13.3. The third kappa shape index (κ3) is 3.11. The topological polar surface area (TPSA) is 113 Å². The Balaban J connectivity index is 2.79. The molecule has 7 nitrogen and oxygen atoms in total. The molecule has 0 saturated carbocycles. The number of hydrogen-bond donors (Lipinski definition) is 3. The molecule has 120 valence electrons. The second-order valence-electron chi connectivity index (χ2n) is 7.08. The summed E-state index contributed by atoms with van der Waals surface area (Å²) < 4.78 is 0. The highest BCUT2D eigenvalue weighted by atomic mass is 16.4. The Bertz CT molecular complexity index is 473. The van der Waals surface area contributed by atoms with Crippen molar-refractivity contribution < 1.29 is 19.5 Å². The lowest BCUT2D eigenvalue weighted by Gasteiger charge is -2.39. The van der Waals surface area contributed by atoms with Crippen LogP contribution in [-0.4, -0.2) is 46.5 Å². The van der Waals surface area contributed by atoms with Gasteiger partial charge in [-0.15, -0.1) is 0 Å². The first kappa shape index (κ1) is 17.3. The average Bonchev–Trinajstić information content (AvgIpc) is 2.72. The monoisotopic (exact) mass is 299 g/mol. The number of rotatable bonds is 4. The maximum absolute atomic E-state index is 12.3. The molecule has 7 heteroatoms. The summed E-state index contributed by atoms with van der Waals surface area (Å²) in [6, 6.07) is -0.376. The fourth-order valence-corrected chi connectivity index (χ4v) is 2.11. The highest BCUT2D eigenvalue weighted by Gasteiger charge is 2.47. The Hall–Kier alpha value is -1.79. The number of carboxylic acids is 1. The molecule has 21 heavy (non-hydrogen) atoms. The van der Waals surface area contributed by atoms with E-state index < -0.39 is 28.2 Å². The fraction of sp³-hybridized carbons (Fsp3) is 0.786. The molecule has 0 aliphatic carbocycles. The Labute approximate surface area is 124 Å². The van der Waals surface area contributed by atoms with Crippen LogP contribution in [0.2, 0.25) is 0 Å². The molecule has 1 saturated heterocycles. The normalized spacial score (nSPS) is 23.0. The first-order valence-electron chi connectivity index (χ1n) is 6.94. The van der Waals surface area contributed by atoms with Crippen LogP contribution in [0.15, 0.2) is 0 Å². The van der Waals surface area contributed by atoms with Gasteiger partial charge in [-0.05, 0) is 41.0 Å². The first-order valence-corrected chi connectivity index (χ1v) is 6.94. The molecule has 1 fully saturated rings. The van der Waals surface area contributed by atoms with Crippen molar-refractivity contribution in [2.24, 2.45) is 16.6 Å². The van der Waals surface area contributed by atoms with Crippen LogP contribution in [0.3, 0.4) is 0 Å². The van der Waals surface area contributed by atoms with Crippen LogP contribution < -0.4 is 11.1 Å². The van der Waals surface area contributed by atoms with Gasteiger partial charge in [0, 0.05) is 13.1 Å². The number of primary amides is 1. The largest absolute Gasteiger partial charge is 0.481 e. The zero-order valence-electron chi connectivity index (χ0n) is 13.3. The predicted octanol–water partition coefficient (Wildman–Crippen LogP) is 0.783. The van der Waals surface area contributed by atoms with E-state index in [0.29, 0.717) is 13.0 Å². The van der Waals surface area contributed by atoms with Gasteiger partial charge in [-0.3, -0.25) is 9.59 Å². The quantitative estimate of drug-likeness (QED) is 0.712. The van der Waals surface area contributed by atoms with Crippen LogP contribution in [0.25, 0.3) is 0 Å². The molecule has 0 aromatic rings. The van der Waals surface area contributed by atoms with Crippen molar-refractivity contribution in [2.75, 3.05) is 13.1 Å². The number of urea groups is 1. The van der Waals surface area contributed by atoms with Crippen molar-refractivity contribution in [1.82, 2.24) is 10.2 Å². The summed E-state index contributed by atoms with van der Waals surface area (Å²) in [5, 5.41) is 12.0. The third-order valence-corrected chi connectivity index (χ3v) is 4.87. The van der Waals surface area contributed by atoms with Crippen LogP contribution in [0.1, 0.15) is 41.0 Å². The van der Waals surface area contributed by atoms with E-state index in [1.807, 2.05) is 0 Å². The number of nitrogens with two attached hydrogens (primary N) is 1. The second-order valence-corrected chi connectivity index (χ2v) is 7.08. The Kier molecular flexibility index (Phi) is 4.27. The van der Waals surface area contributed by atoms with Crippen molar-refractivity contribution in [3.8, 4) is 0 Å². The lowest BCUT2D eigenvalue weighted by molar-refractivity contribution is -0.150. The molecular weight excluding hydrogens is 274 g/mol. The molecule has 1 unspecified atom stereocenters. The van der Waals surface area contributed by atoms with Gasteiger partial charge in [0.2, 0.25) is 5.91 Å². The zero-order chi connectivity index (χ0) is 16.6. The van der Waals surface area contributed by atoms with E-state index in [1.54, 1.807) is 34.6 Å². The Morgan fingerprint density at radius 3 is 2.14 bits per heavy atom. The SMILES string of the molecule is CC1(C(N)=O)CCN(C(=O)NC(C)(C)C(C)(C)C(=O)O)C1. The summed E-state index contributed by atoms with van der Waals surface area (Å²) in [4.78, 5) is 36.6. The molecular formula is C14H25N3O4. The summed E-state index contributed by atoms with van der Waals surface area (Å²) in [5.74, 6) is -1.42. The maximum Gasteiger partial charge on any atom is 0.317 e. The van der Waals surface area contributed by atoms with Crippen LogP contribution in [0.5, 0.6) is 0 Å². The van der Waals surface area contributed by atoms with Crippen molar-refractivity contribution >= 4 is 17.9 Å². The molecule has 0 spiro atoms. The van der Waals surface area contributed by atoms with E-state index in [2.05, 4.69) is 5.32 Å². The molecule has 1 aliphatic rings. The molecule has 0 radical (unpaired) electrons. The fourth-order valence-electron chi connectivity index (χ4n) is 2.11. The minimum Gasteiger partial charge on any atom is -0.481 e. The highest BCUT2D eigenvalue weighted by molar-refractivity contribution is 5.84. The number of amides is 3. The van der Waals surface area contributed by atoms with Crippen LogP contribution in [0.4, 0.5) is 4.79 Å². The Morgan fingerprint density at radius 2 is 1.76 bits per heavy atom. The number of carboxylic acid groups (broad SMARTS) is 1. The van der Waals surface area contributed by atoms with Gasteiger partial charge < -0.3 is 21.1 Å². The molecule has 0 bridgehead atoms. The minimum atomic E-state index is -1.13. The summed E-state index contributed by atoms with van der Waals surface area (Å²) >= 11 is 0. The van der Waals surface area contributed by atoms with Gasteiger partial charge in [-0.25, -0.2) is 4.79 Å². The van der Waals surface area contributed by atoms with Crippen molar-refractivity contribution in [1.29, 1.82) is 0 Å². The number of hydrogen-bond acceptors (Lipinski definition) is 3. The summed E-state index contributed by atoms with van der Waals surface area (Å²) in [6.45, 7) is 8.87. The number of likely N-dealkylation sites (tertiary alicyclic amines) is 1. The number of carbonyl (C=O) groups is 3. The second kappa shape index (κ2) is 5.20. The van der Waals surface area contributed by atoms with Gasteiger partial charge in [0.15, 0.2) is 0 Å². The molecule has 1 atom stereocenters. The van der Waals surface area contributed by atoms with Crippen molar-refractivity contribution in [3.63, 3.8) is 0 Å². The standard InChI is InChI=1S/C14H25N3O4/c1-12(2,10(19)20)13(3,4)16-11(21)17-7-6-14(5,8-17)9(15)18/h6-8H2,1-5H3,(H2,15,18)(H,16,21)(H,19,20). The van der Waals surface area contributed by atoms with E-state index in [0.717, 1.165) is 0 Å². The summed E-state index contributed by atoms with van der Waals surface area (Å²) in [6.07, 6.45) is 0.512. The van der Waals surface area contributed by atoms with E-state index >= 15 is 0 Å². The molecule has 4 N–H and O–H groups in total.